The number of aromatic nitrogens is 2. The van der Waals surface area contributed by atoms with Gasteiger partial charge in [-0.2, -0.15) is 0 Å². The highest BCUT2D eigenvalue weighted by Gasteiger charge is 2.02. The fourth-order valence-electron chi connectivity index (χ4n) is 3.70. The zero-order valence-corrected chi connectivity index (χ0v) is 24.5. The molecular weight excluding hydrogens is 574 g/mol. The van der Waals surface area contributed by atoms with E-state index in [0.717, 1.165) is 24.6 Å². The fourth-order valence-corrected chi connectivity index (χ4v) is 3.70. The Morgan fingerprint density at radius 1 is 0.750 bits per heavy atom. The van der Waals surface area contributed by atoms with Crippen molar-refractivity contribution < 1.29 is 42.8 Å². The second kappa shape index (κ2) is 19.9. The van der Waals surface area contributed by atoms with Gasteiger partial charge in [-0.15, -0.1) is 0 Å². The highest BCUT2D eigenvalue weighted by atomic mass is 19.1. The predicted molar refractivity (Wildman–Crippen MR) is 163 cm³/mol. The highest BCUT2D eigenvalue weighted by molar-refractivity contribution is 5.86. The van der Waals surface area contributed by atoms with Crippen LogP contribution in [0.1, 0.15) is 18.3 Å². The number of benzene rings is 2. The first kappa shape index (κ1) is 35.0. The SMILES string of the molecule is CCOC(=O)/C=C/c1cccn1CCOc1cccc(F)c1.CO.O=C(O)/C=C/c1cccn1CCOc1cccc(F)c1. The summed E-state index contributed by atoms with van der Waals surface area (Å²) in [6.07, 6.45) is 9.41. The molecule has 4 aromatic rings. The molecule has 0 aliphatic rings. The Morgan fingerprint density at radius 3 is 1.66 bits per heavy atom. The second-order valence-electron chi connectivity index (χ2n) is 8.62. The lowest BCUT2D eigenvalue weighted by atomic mass is 10.3. The minimum atomic E-state index is -0.992. The van der Waals surface area contributed by atoms with Gasteiger partial charge in [0.2, 0.25) is 0 Å². The molecule has 2 aromatic carbocycles. The molecule has 0 saturated heterocycles. The van der Waals surface area contributed by atoms with Crippen LogP contribution in [0, 0.1) is 11.6 Å². The summed E-state index contributed by atoms with van der Waals surface area (Å²) >= 11 is 0. The van der Waals surface area contributed by atoms with Gasteiger partial charge in [0.15, 0.2) is 0 Å². The van der Waals surface area contributed by atoms with Crippen LogP contribution < -0.4 is 9.47 Å². The van der Waals surface area contributed by atoms with E-state index in [1.165, 1.54) is 36.4 Å². The van der Waals surface area contributed by atoms with Crippen molar-refractivity contribution in [3.05, 3.63) is 120 Å². The Morgan fingerprint density at radius 2 is 1.23 bits per heavy atom. The topological polar surface area (TPSA) is 112 Å². The average molecular weight is 611 g/mol. The van der Waals surface area contributed by atoms with E-state index in [0.29, 0.717) is 44.4 Å². The number of aliphatic hydroxyl groups excluding tert-OH is 1. The van der Waals surface area contributed by atoms with Crippen LogP contribution in [-0.4, -0.2) is 58.2 Å². The Balaban J connectivity index is 0.000000292. The number of carboxylic acids is 1. The zero-order chi connectivity index (χ0) is 32.2. The summed E-state index contributed by atoms with van der Waals surface area (Å²) in [5.41, 5.74) is 1.64. The number of carboxylic acid groups (broad SMARTS) is 1. The van der Waals surface area contributed by atoms with Gasteiger partial charge in [-0.1, -0.05) is 12.1 Å². The van der Waals surface area contributed by atoms with Gasteiger partial charge in [-0.25, -0.2) is 18.4 Å². The van der Waals surface area contributed by atoms with Crippen LogP contribution in [0.5, 0.6) is 11.5 Å². The Labute approximate surface area is 254 Å². The maximum absolute atomic E-state index is 13.0. The molecule has 9 nitrogen and oxygen atoms in total. The third-order valence-corrected chi connectivity index (χ3v) is 5.60. The summed E-state index contributed by atoms with van der Waals surface area (Å²) in [6.45, 7) is 4.02. The normalized spacial score (nSPS) is 10.5. The zero-order valence-electron chi connectivity index (χ0n) is 24.5. The number of hydrogen-bond donors (Lipinski definition) is 2. The van der Waals surface area contributed by atoms with Crippen LogP contribution in [0.2, 0.25) is 0 Å². The standard InChI is InChI=1S/C17H18FNO3.C15H14FNO3.CH4O/c1-2-21-17(20)9-8-15-6-4-10-19(15)11-12-22-16-7-3-5-14(18)13-16;16-12-3-1-5-14(11-12)20-10-9-17-8-2-4-13(17)6-7-15(18)19;1-2/h3-10,13H,2,11-12H2,1H3;1-8,11H,9-10H2,(H,18,19);2H,1H3/b9-8+;7-6+;. The molecule has 11 heteroatoms. The molecule has 44 heavy (non-hydrogen) atoms. The summed E-state index contributed by atoms with van der Waals surface area (Å²) in [5.74, 6) is -1.05. The van der Waals surface area contributed by atoms with Crippen molar-refractivity contribution in [2.24, 2.45) is 0 Å². The molecule has 0 fully saturated rings. The van der Waals surface area contributed by atoms with Crippen molar-refractivity contribution in [1.82, 2.24) is 9.13 Å². The van der Waals surface area contributed by atoms with Crippen molar-refractivity contribution in [2.75, 3.05) is 26.9 Å². The van der Waals surface area contributed by atoms with Gasteiger partial charge in [-0.3, -0.25) is 0 Å². The maximum atomic E-state index is 13.0. The van der Waals surface area contributed by atoms with E-state index < -0.39 is 5.97 Å². The molecule has 2 aromatic heterocycles. The summed E-state index contributed by atoms with van der Waals surface area (Å²) in [4.78, 5) is 21.8. The number of esters is 1. The summed E-state index contributed by atoms with van der Waals surface area (Å²) in [7, 11) is 1.00. The number of carbonyl (C=O) groups excluding carboxylic acids is 1. The van der Waals surface area contributed by atoms with Crippen molar-refractivity contribution >= 4 is 24.1 Å². The molecule has 0 atom stereocenters. The van der Waals surface area contributed by atoms with Gasteiger partial charge in [0.05, 0.1) is 19.7 Å². The van der Waals surface area contributed by atoms with Crippen LogP contribution in [0.4, 0.5) is 8.78 Å². The third kappa shape index (κ3) is 13.2. The molecule has 234 valence electrons. The number of aliphatic hydroxyl groups is 1. The first-order valence-electron chi connectivity index (χ1n) is 13.6. The Bertz CT molecular complexity index is 1490. The van der Waals surface area contributed by atoms with E-state index in [2.05, 4.69) is 0 Å². The number of ether oxygens (including phenoxy) is 3. The molecule has 0 radical (unpaired) electrons. The van der Waals surface area contributed by atoms with Crippen LogP contribution in [-0.2, 0) is 27.4 Å². The number of aliphatic carboxylic acids is 1. The molecule has 0 spiro atoms. The van der Waals surface area contributed by atoms with Crippen LogP contribution in [0.3, 0.4) is 0 Å². The molecular formula is C33H36F2N2O7. The van der Waals surface area contributed by atoms with Gasteiger partial charge in [0.1, 0.15) is 36.3 Å². The minimum absolute atomic E-state index is 0.323. The number of rotatable bonds is 13. The number of carbonyl (C=O) groups is 2. The molecule has 0 unspecified atom stereocenters. The minimum Gasteiger partial charge on any atom is -0.492 e. The van der Waals surface area contributed by atoms with Crippen LogP contribution in [0.15, 0.2) is 97.3 Å². The van der Waals surface area contributed by atoms with E-state index in [9.17, 15) is 18.4 Å². The van der Waals surface area contributed by atoms with Gasteiger partial charge in [0.25, 0.3) is 0 Å². The fraction of sp³-hybridized carbons (Fsp3) is 0.212. The van der Waals surface area contributed by atoms with Crippen molar-refractivity contribution in [2.45, 2.75) is 20.0 Å². The molecule has 0 amide bonds. The van der Waals surface area contributed by atoms with Crippen LogP contribution >= 0.6 is 0 Å². The van der Waals surface area contributed by atoms with Gasteiger partial charge in [0, 0.05) is 55.2 Å². The lowest BCUT2D eigenvalue weighted by Gasteiger charge is -2.09. The first-order chi connectivity index (χ1) is 21.3. The monoisotopic (exact) mass is 610 g/mol. The molecule has 0 saturated carbocycles. The summed E-state index contributed by atoms with van der Waals surface area (Å²) < 4.78 is 45.6. The van der Waals surface area contributed by atoms with Crippen molar-refractivity contribution in [3.8, 4) is 11.5 Å². The first-order valence-corrected chi connectivity index (χ1v) is 13.6. The average Bonchev–Trinajstić information content (AvgIpc) is 3.66. The lowest BCUT2D eigenvalue weighted by Crippen LogP contribution is -2.08. The Kier molecular flexibility index (Phi) is 15.8. The number of nitrogens with zero attached hydrogens (tertiary/aromatic N) is 2. The predicted octanol–water partition coefficient (Wildman–Crippen LogP) is 5.70. The molecule has 4 rings (SSSR count). The second-order valence-corrected chi connectivity index (χ2v) is 8.62. The summed E-state index contributed by atoms with van der Waals surface area (Å²) in [6, 6.07) is 19.4. The number of halogens is 2. The van der Waals surface area contributed by atoms with E-state index >= 15 is 0 Å². The largest absolute Gasteiger partial charge is 0.492 e. The van der Waals surface area contributed by atoms with Crippen molar-refractivity contribution in [1.29, 1.82) is 0 Å². The molecule has 0 aliphatic heterocycles. The molecule has 2 heterocycles. The number of hydrogen-bond acceptors (Lipinski definition) is 6. The Hall–Kier alpha value is -5.16. The van der Waals surface area contributed by atoms with Crippen LogP contribution in [0.25, 0.3) is 12.2 Å². The van der Waals surface area contributed by atoms with Crippen molar-refractivity contribution in [3.63, 3.8) is 0 Å². The smallest absolute Gasteiger partial charge is 0.330 e. The molecule has 0 bridgehead atoms. The van der Waals surface area contributed by atoms with Gasteiger partial charge in [-0.05, 0) is 67.6 Å². The third-order valence-electron chi connectivity index (χ3n) is 5.60. The van der Waals surface area contributed by atoms with E-state index in [4.69, 9.17) is 24.4 Å². The van der Waals surface area contributed by atoms with Gasteiger partial charge >= 0.3 is 11.9 Å². The van der Waals surface area contributed by atoms with E-state index in [1.54, 1.807) is 37.3 Å². The molecule has 2 N–H and O–H groups in total. The lowest BCUT2D eigenvalue weighted by molar-refractivity contribution is -0.137. The summed E-state index contributed by atoms with van der Waals surface area (Å²) in [5, 5.41) is 15.6. The quantitative estimate of drug-likeness (QED) is 0.148. The highest BCUT2D eigenvalue weighted by Crippen LogP contribution is 2.14. The van der Waals surface area contributed by atoms with Gasteiger partial charge < -0.3 is 33.6 Å². The van der Waals surface area contributed by atoms with E-state index in [1.807, 2.05) is 45.8 Å². The maximum Gasteiger partial charge on any atom is 0.330 e. The van der Waals surface area contributed by atoms with E-state index in [-0.39, 0.29) is 17.6 Å². The molecule has 0 aliphatic carbocycles.